The topological polar surface area (TPSA) is 86.4 Å². The third-order valence-electron chi connectivity index (χ3n) is 4.12. The van der Waals surface area contributed by atoms with Crippen LogP contribution < -0.4 is 5.56 Å². The number of fused-ring (bicyclic) bond motifs is 1. The Morgan fingerprint density at radius 2 is 1.96 bits per heavy atom. The van der Waals surface area contributed by atoms with E-state index in [0.29, 0.717) is 59.0 Å². The molecule has 0 radical (unpaired) electrons. The van der Waals surface area contributed by atoms with Crippen molar-refractivity contribution in [2.75, 3.05) is 27.2 Å². The largest absolute Gasteiger partial charge is 0.337 e. The van der Waals surface area contributed by atoms with Crippen LogP contribution >= 0.6 is 11.3 Å². The van der Waals surface area contributed by atoms with E-state index in [1.165, 1.54) is 11.3 Å². The predicted octanol–water partition coefficient (Wildman–Crippen LogP) is 1.16. The van der Waals surface area contributed by atoms with Gasteiger partial charge in [-0.05, 0) is 26.6 Å². The summed E-state index contributed by atoms with van der Waals surface area (Å²) in [6, 6.07) is 0. The van der Waals surface area contributed by atoms with E-state index in [-0.39, 0.29) is 17.2 Å². The highest BCUT2D eigenvalue weighted by Crippen LogP contribution is 2.28. The number of hydrogen-bond acceptors (Lipinski definition) is 6. The lowest BCUT2D eigenvalue weighted by atomic mass is 10.1. The van der Waals surface area contributed by atoms with Crippen LogP contribution in [0.1, 0.15) is 33.9 Å². The monoisotopic (exact) mass is 348 g/mol. The number of likely N-dealkylation sites (tertiary alicyclic amines) is 1. The number of rotatable bonds is 3. The van der Waals surface area contributed by atoms with E-state index < -0.39 is 0 Å². The zero-order valence-electron chi connectivity index (χ0n) is 14.0. The van der Waals surface area contributed by atoms with E-state index in [1.807, 2.05) is 19.0 Å². The summed E-state index contributed by atoms with van der Waals surface area (Å²) in [5.74, 6) is 0.663. The van der Waals surface area contributed by atoms with Crippen LogP contribution in [0.15, 0.2) is 4.79 Å². The highest BCUT2D eigenvalue weighted by atomic mass is 32.1. The number of aromatic amines is 1. The van der Waals surface area contributed by atoms with E-state index in [0.717, 1.165) is 0 Å². The molecule has 7 nitrogen and oxygen atoms in total. The Bertz CT molecular complexity index is 858. The average molecular weight is 348 g/mol. The maximum absolute atomic E-state index is 12.7. The summed E-state index contributed by atoms with van der Waals surface area (Å²) < 4.78 is 0. The van der Waals surface area contributed by atoms with Gasteiger partial charge in [0.15, 0.2) is 0 Å². The van der Waals surface area contributed by atoms with E-state index >= 15 is 0 Å². The Morgan fingerprint density at radius 1 is 1.29 bits per heavy atom. The zero-order chi connectivity index (χ0) is 17.4. The van der Waals surface area contributed by atoms with Crippen molar-refractivity contribution in [2.24, 2.45) is 0 Å². The van der Waals surface area contributed by atoms with Crippen molar-refractivity contribution in [3.63, 3.8) is 0 Å². The number of piperidine rings is 1. The highest BCUT2D eigenvalue weighted by molar-refractivity contribution is 7.20. The first kappa shape index (κ1) is 16.8. The summed E-state index contributed by atoms with van der Waals surface area (Å²) in [7, 11) is 3.80. The number of hydrogen-bond donors (Lipinski definition) is 1. The van der Waals surface area contributed by atoms with Gasteiger partial charge in [0, 0.05) is 25.9 Å². The predicted molar refractivity (Wildman–Crippen MR) is 92.5 cm³/mol. The first-order chi connectivity index (χ1) is 11.4. The number of carbonyl (C=O) groups is 2. The molecule has 0 atom stereocenters. The van der Waals surface area contributed by atoms with Gasteiger partial charge in [0.1, 0.15) is 16.4 Å². The highest BCUT2D eigenvalue weighted by Gasteiger charge is 2.26. The van der Waals surface area contributed by atoms with Gasteiger partial charge in [-0.15, -0.1) is 11.3 Å². The molecule has 1 saturated heterocycles. The summed E-state index contributed by atoms with van der Waals surface area (Å²) >= 11 is 1.26. The summed E-state index contributed by atoms with van der Waals surface area (Å²) in [6.45, 7) is 3.20. The molecule has 3 heterocycles. The number of nitrogens with zero attached hydrogens (tertiary/aromatic N) is 3. The smallest absolute Gasteiger partial charge is 0.264 e. The minimum absolute atomic E-state index is 0.114. The maximum Gasteiger partial charge on any atom is 0.264 e. The Labute approximate surface area is 143 Å². The lowest BCUT2D eigenvalue weighted by Crippen LogP contribution is -2.38. The average Bonchev–Trinajstić information content (AvgIpc) is 2.84. The van der Waals surface area contributed by atoms with Crippen LogP contribution in [-0.2, 0) is 11.3 Å². The molecule has 8 heteroatoms. The molecule has 0 unspecified atom stereocenters. The Balaban J connectivity index is 1.98. The molecule has 1 aliphatic rings. The van der Waals surface area contributed by atoms with Crippen molar-refractivity contribution in [1.29, 1.82) is 0 Å². The van der Waals surface area contributed by atoms with Crippen LogP contribution in [0.3, 0.4) is 0 Å². The molecule has 2 aromatic rings. The van der Waals surface area contributed by atoms with Crippen molar-refractivity contribution in [3.8, 4) is 0 Å². The lowest BCUT2D eigenvalue weighted by Gasteiger charge is -2.25. The van der Waals surface area contributed by atoms with E-state index in [4.69, 9.17) is 0 Å². The molecule has 1 fully saturated rings. The third kappa shape index (κ3) is 3.11. The van der Waals surface area contributed by atoms with Crippen LogP contribution in [0.5, 0.6) is 0 Å². The molecular weight excluding hydrogens is 328 g/mol. The Morgan fingerprint density at radius 3 is 2.58 bits per heavy atom. The standard InChI is InChI=1S/C16H20N4O3S/c1-9-12-14(22)17-11(8-19(2)3)18-15(12)24-13(9)16(23)20-6-4-10(21)5-7-20/h4-8H2,1-3H3,(H,17,18,22). The van der Waals surface area contributed by atoms with E-state index in [2.05, 4.69) is 9.97 Å². The number of H-pyrrole nitrogens is 1. The summed E-state index contributed by atoms with van der Waals surface area (Å²) in [5.41, 5.74) is 0.459. The van der Waals surface area contributed by atoms with Crippen LogP contribution in [-0.4, -0.2) is 58.6 Å². The second kappa shape index (κ2) is 6.45. The first-order valence-electron chi connectivity index (χ1n) is 7.85. The summed E-state index contributed by atoms with van der Waals surface area (Å²) in [5, 5.41) is 0.485. The van der Waals surface area contributed by atoms with Crippen molar-refractivity contribution in [3.05, 3.63) is 26.6 Å². The van der Waals surface area contributed by atoms with Crippen molar-refractivity contribution in [1.82, 2.24) is 19.8 Å². The molecule has 128 valence electrons. The summed E-state index contributed by atoms with van der Waals surface area (Å²) in [4.78, 5) is 48.5. The van der Waals surface area contributed by atoms with Crippen LogP contribution in [0.25, 0.3) is 10.2 Å². The quantitative estimate of drug-likeness (QED) is 0.899. The van der Waals surface area contributed by atoms with Gasteiger partial charge in [-0.25, -0.2) is 4.98 Å². The molecule has 0 saturated carbocycles. The van der Waals surface area contributed by atoms with E-state index in [9.17, 15) is 14.4 Å². The fraction of sp³-hybridized carbons (Fsp3) is 0.500. The zero-order valence-corrected chi connectivity index (χ0v) is 14.8. The normalized spacial score (nSPS) is 15.5. The molecular formula is C16H20N4O3S. The van der Waals surface area contributed by atoms with Crippen molar-refractivity contribution in [2.45, 2.75) is 26.3 Å². The van der Waals surface area contributed by atoms with Gasteiger partial charge in [-0.2, -0.15) is 0 Å². The number of carbonyl (C=O) groups excluding carboxylic acids is 2. The SMILES string of the molecule is Cc1c(C(=O)N2CCC(=O)CC2)sc2nc(CN(C)C)[nH]c(=O)c12. The first-order valence-corrected chi connectivity index (χ1v) is 8.66. The maximum atomic E-state index is 12.7. The second-order valence-electron chi connectivity index (χ2n) is 6.32. The molecule has 0 bridgehead atoms. The van der Waals surface area contributed by atoms with Crippen molar-refractivity contribution < 1.29 is 9.59 Å². The Hall–Kier alpha value is -2.06. The van der Waals surface area contributed by atoms with E-state index in [1.54, 1.807) is 11.8 Å². The van der Waals surface area contributed by atoms with Crippen LogP contribution in [0, 0.1) is 6.92 Å². The van der Waals surface area contributed by atoms with Gasteiger partial charge in [0.25, 0.3) is 11.5 Å². The van der Waals surface area contributed by atoms with Gasteiger partial charge in [0.05, 0.1) is 16.8 Å². The van der Waals surface area contributed by atoms with Gasteiger partial charge >= 0.3 is 0 Å². The van der Waals surface area contributed by atoms with Gasteiger partial charge in [-0.3, -0.25) is 14.4 Å². The van der Waals surface area contributed by atoms with Gasteiger partial charge < -0.3 is 14.8 Å². The molecule has 24 heavy (non-hydrogen) atoms. The minimum atomic E-state index is -0.210. The Kier molecular flexibility index (Phi) is 4.51. The number of ketones is 1. The number of Topliss-reactive ketones (excluding diaryl/α,β-unsaturated/α-hetero) is 1. The minimum Gasteiger partial charge on any atom is -0.337 e. The molecule has 0 spiro atoms. The molecule has 1 aliphatic heterocycles. The van der Waals surface area contributed by atoms with Gasteiger partial charge in [-0.1, -0.05) is 0 Å². The number of aryl methyl sites for hydroxylation is 1. The molecule has 1 amide bonds. The number of aromatic nitrogens is 2. The fourth-order valence-corrected chi connectivity index (χ4v) is 4.04. The molecule has 0 aliphatic carbocycles. The third-order valence-corrected chi connectivity index (χ3v) is 5.29. The van der Waals surface area contributed by atoms with Crippen molar-refractivity contribution >= 4 is 33.2 Å². The molecule has 3 rings (SSSR count). The van der Waals surface area contributed by atoms with Crippen LogP contribution in [0.2, 0.25) is 0 Å². The molecule has 0 aromatic carbocycles. The second-order valence-corrected chi connectivity index (χ2v) is 7.32. The van der Waals surface area contributed by atoms with Gasteiger partial charge in [0.2, 0.25) is 0 Å². The molecule has 2 aromatic heterocycles. The number of amides is 1. The van der Waals surface area contributed by atoms with Crippen LogP contribution in [0.4, 0.5) is 0 Å². The summed E-state index contributed by atoms with van der Waals surface area (Å²) in [6.07, 6.45) is 0.809. The molecule has 1 N–H and O–H groups in total. The number of nitrogens with one attached hydrogen (secondary N) is 1. The lowest BCUT2D eigenvalue weighted by molar-refractivity contribution is -0.120. The fourth-order valence-electron chi connectivity index (χ4n) is 2.87. The number of thiophene rings is 1.